The van der Waals surface area contributed by atoms with E-state index in [-0.39, 0.29) is 42.1 Å². The average molecular weight is 528 g/mol. The lowest BCUT2D eigenvalue weighted by atomic mass is 9.88. The van der Waals surface area contributed by atoms with E-state index < -0.39 is 23.8 Å². The molecule has 0 saturated carbocycles. The van der Waals surface area contributed by atoms with Gasteiger partial charge in [-0.3, -0.25) is 19.2 Å². The molecule has 0 aromatic heterocycles. The molecule has 200 valence electrons. The summed E-state index contributed by atoms with van der Waals surface area (Å²) in [6.07, 6.45) is 1.85. The predicted octanol–water partition coefficient (Wildman–Crippen LogP) is 4.96. The molecular weight excluding hydrogens is 490 g/mol. The molecule has 6 nitrogen and oxygen atoms in total. The highest BCUT2D eigenvalue weighted by molar-refractivity contribution is 6.27. The number of esters is 1. The molecule has 2 aromatic rings. The number of hydrogen-bond donors (Lipinski definition) is 1. The lowest BCUT2D eigenvalue weighted by Crippen LogP contribution is -2.46. The van der Waals surface area contributed by atoms with E-state index >= 15 is 0 Å². The van der Waals surface area contributed by atoms with Crippen LogP contribution in [0, 0.1) is 17.8 Å². The van der Waals surface area contributed by atoms with Crippen LogP contribution in [0.4, 0.5) is 0 Å². The van der Waals surface area contributed by atoms with E-state index in [1.807, 2.05) is 74.5 Å². The number of hydrogen-bond acceptors (Lipinski definition) is 5. The second-order valence-electron chi connectivity index (χ2n) is 9.87. The highest BCUT2D eigenvalue weighted by Gasteiger charge is 2.31. The highest BCUT2D eigenvalue weighted by atomic mass is 35.5. The number of Topliss-reactive ketones (excluding diaryl/α,β-unsaturated/α-hetero) is 2. The van der Waals surface area contributed by atoms with E-state index in [1.54, 1.807) is 0 Å². The van der Waals surface area contributed by atoms with Gasteiger partial charge in [0, 0.05) is 18.8 Å². The molecule has 0 radical (unpaired) electrons. The fourth-order valence-electron chi connectivity index (χ4n) is 4.36. The van der Waals surface area contributed by atoms with Crippen LogP contribution in [0.3, 0.4) is 0 Å². The van der Waals surface area contributed by atoms with Crippen LogP contribution in [-0.2, 0) is 36.8 Å². The van der Waals surface area contributed by atoms with Crippen LogP contribution < -0.4 is 5.32 Å². The van der Waals surface area contributed by atoms with Crippen molar-refractivity contribution in [1.29, 1.82) is 0 Å². The molecule has 0 spiro atoms. The first kappa shape index (κ1) is 30.2. The zero-order chi connectivity index (χ0) is 27.2. The first-order valence-electron chi connectivity index (χ1n) is 12.8. The van der Waals surface area contributed by atoms with E-state index in [2.05, 4.69) is 5.32 Å². The maximum atomic E-state index is 13.4. The average Bonchev–Trinajstić information content (AvgIpc) is 2.90. The number of carbonyl (C=O) groups excluding carboxylic acids is 4. The Morgan fingerprint density at radius 3 is 2.00 bits per heavy atom. The zero-order valence-corrected chi connectivity index (χ0v) is 22.7. The minimum Gasteiger partial charge on any atom is -0.469 e. The number of benzene rings is 2. The Bertz CT molecular complexity index is 1010. The van der Waals surface area contributed by atoms with Crippen LogP contribution >= 0.6 is 11.6 Å². The number of amides is 1. The number of halogens is 1. The van der Waals surface area contributed by atoms with Gasteiger partial charge >= 0.3 is 5.97 Å². The standard InChI is InChI=1S/C30H38ClNO5/c1-21(2)16-27(28(34)19-25(30(36)37-3)17-23-12-8-5-9-13-23)32-29(35)24(18-26(33)20-31)15-14-22-10-6-4-7-11-22/h4-13,21,24-25,27H,14-20H2,1-3H3,(H,32,35)/t24-,25-,27+/m1/s1. The molecule has 0 aliphatic carbocycles. The van der Waals surface area contributed by atoms with Crippen molar-refractivity contribution in [2.45, 2.75) is 58.4 Å². The second kappa shape index (κ2) is 16.0. The fraction of sp³-hybridized carbons (Fsp3) is 0.467. The number of ketones is 2. The summed E-state index contributed by atoms with van der Waals surface area (Å²) in [5.74, 6) is -2.52. The second-order valence-corrected chi connectivity index (χ2v) is 10.1. The first-order valence-corrected chi connectivity index (χ1v) is 13.3. The Balaban J connectivity index is 2.15. The van der Waals surface area contributed by atoms with Crippen molar-refractivity contribution in [3.63, 3.8) is 0 Å². The summed E-state index contributed by atoms with van der Waals surface area (Å²) in [4.78, 5) is 51.4. The van der Waals surface area contributed by atoms with Gasteiger partial charge in [-0.05, 0) is 42.7 Å². The van der Waals surface area contributed by atoms with Crippen LogP contribution in [-0.4, -0.2) is 42.5 Å². The number of methoxy groups -OCH3 is 1. The van der Waals surface area contributed by atoms with Gasteiger partial charge in [0.2, 0.25) is 5.91 Å². The molecule has 0 heterocycles. The van der Waals surface area contributed by atoms with Crippen molar-refractivity contribution in [3.8, 4) is 0 Å². The van der Waals surface area contributed by atoms with Crippen molar-refractivity contribution in [2.24, 2.45) is 17.8 Å². The Kier molecular flexibility index (Phi) is 13.1. The van der Waals surface area contributed by atoms with Crippen LogP contribution in [0.1, 0.15) is 50.7 Å². The summed E-state index contributed by atoms with van der Waals surface area (Å²) in [7, 11) is 1.31. The van der Waals surface area contributed by atoms with E-state index in [9.17, 15) is 19.2 Å². The van der Waals surface area contributed by atoms with E-state index in [4.69, 9.17) is 16.3 Å². The number of nitrogens with one attached hydrogen (secondary N) is 1. The Morgan fingerprint density at radius 1 is 0.865 bits per heavy atom. The van der Waals surface area contributed by atoms with Crippen molar-refractivity contribution < 1.29 is 23.9 Å². The minimum absolute atomic E-state index is 0.0174. The van der Waals surface area contributed by atoms with Crippen molar-refractivity contribution in [3.05, 3.63) is 71.8 Å². The summed E-state index contributed by atoms with van der Waals surface area (Å²) in [5, 5.41) is 2.90. The molecular formula is C30H38ClNO5. The molecule has 0 fully saturated rings. The van der Waals surface area contributed by atoms with Crippen molar-refractivity contribution >= 4 is 35.0 Å². The van der Waals surface area contributed by atoms with Gasteiger partial charge in [-0.2, -0.15) is 0 Å². The first-order chi connectivity index (χ1) is 17.7. The largest absolute Gasteiger partial charge is 0.469 e. The van der Waals surface area contributed by atoms with Gasteiger partial charge in [0.05, 0.1) is 24.9 Å². The monoisotopic (exact) mass is 527 g/mol. The summed E-state index contributed by atoms with van der Waals surface area (Å²) < 4.78 is 4.97. The minimum atomic E-state index is -0.763. The van der Waals surface area contributed by atoms with Gasteiger partial charge in [0.1, 0.15) is 5.78 Å². The van der Waals surface area contributed by atoms with Gasteiger partial charge < -0.3 is 10.1 Å². The lowest BCUT2D eigenvalue weighted by Gasteiger charge is -2.24. The zero-order valence-electron chi connectivity index (χ0n) is 22.0. The fourth-order valence-corrected chi connectivity index (χ4v) is 4.47. The van der Waals surface area contributed by atoms with Gasteiger partial charge in [-0.25, -0.2) is 0 Å². The van der Waals surface area contributed by atoms with E-state index in [0.717, 1.165) is 11.1 Å². The van der Waals surface area contributed by atoms with Crippen LogP contribution in [0.2, 0.25) is 0 Å². The molecule has 0 aliphatic heterocycles. The molecule has 3 atom stereocenters. The van der Waals surface area contributed by atoms with Crippen LogP contribution in [0.25, 0.3) is 0 Å². The van der Waals surface area contributed by atoms with E-state index in [1.165, 1.54) is 7.11 Å². The Morgan fingerprint density at radius 2 is 1.46 bits per heavy atom. The molecule has 0 saturated heterocycles. The smallest absolute Gasteiger partial charge is 0.309 e. The molecule has 0 aliphatic rings. The third-order valence-electron chi connectivity index (χ3n) is 6.34. The van der Waals surface area contributed by atoms with Crippen LogP contribution in [0.5, 0.6) is 0 Å². The van der Waals surface area contributed by atoms with Crippen LogP contribution in [0.15, 0.2) is 60.7 Å². The molecule has 7 heteroatoms. The summed E-state index contributed by atoms with van der Waals surface area (Å²) >= 11 is 5.73. The number of alkyl halides is 1. The molecule has 0 bridgehead atoms. The maximum absolute atomic E-state index is 13.4. The van der Waals surface area contributed by atoms with E-state index in [0.29, 0.717) is 25.7 Å². The summed E-state index contributed by atoms with van der Waals surface area (Å²) in [6.45, 7) is 3.94. The quantitative estimate of drug-likeness (QED) is 0.246. The third kappa shape index (κ3) is 10.9. The summed E-state index contributed by atoms with van der Waals surface area (Å²) in [6, 6.07) is 18.4. The van der Waals surface area contributed by atoms with Gasteiger partial charge in [0.15, 0.2) is 5.78 Å². The van der Waals surface area contributed by atoms with Gasteiger partial charge in [0.25, 0.3) is 0 Å². The van der Waals surface area contributed by atoms with Crippen molar-refractivity contribution in [1.82, 2.24) is 5.32 Å². The van der Waals surface area contributed by atoms with Gasteiger partial charge in [-0.15, -0.1) is 11.6 Å². The molecule has 1 N–H and O–H groups in total. The topological polar surface area (TPSA) is 89.5 Å². The molecule has 2 aromatic carbocycles. The molecule has 0 unspecified atom stereocenters. The molecule has 1 amide bonds. The Hall–Kier alpha value is -2.99. The van der Waals surface area contributed by atoms with Gasteiger partial charge in [-0.1, -0.05) is 74.5 Å². The number of rotatable bonds is 16. The maximum Gasteiger partial charge on any atom is 0.309 e. The SMILES string of the molecule is COC(=O)[C@@H](CC(=O)[C@H](CC(C)C)NC(=O)[C@H](CCc1ccccc1)CC(=O)CCl)Cc1ccccc1. The number of aryl methyl sites for hydroxylation is 1. The normalized spacial score (nSPS) is 13.4. The molecule has 2 rings (SSSR count). The number of carbonyl (C=O) groups is 4. The third-order valence-corrected chi connectivity index (χ3v) is 6.64. The summed E-state index contributed by atoms with van der Waals surface area (Å²) in [5.41, 5.74) is 1.99. The number of ether oxygens (including phenoxy) is 1. The Labute approximate surface area is 225 Å². The predicted molar refractivity (Wildman–Crippen MR) is 145 cm³/mol. The molecule has 37 heavy (non-hydrogen) atoms. The van der Waals surface area contributed by atoms with Crippen molar-refractivity contribution in [2.75, 3.05) is 13.0 Å². The highest BCUT2D eigenvalue weighted by Crippen LogP contribution is 2.20. The lowest BCUT2D eigenvalue weighted by molar-refractivity contribution is -0.147.